The second kappa shape index (κ2) is 13.5. The molecule has 2 aromatic heterocycles. The highest BCUT2D eigenvalue weighted by Crippen LogP contribution is 2.48. The molecule has 6 heteroatoms. The van der Waals surface area contributed by atoms with Crippen LogP contribution in [0.15, 0.2) is 134 Å². The highest BCUT2D eigenvalue weighted by Gasteiger charge is 2.44. The predicted molar refractivity (Wildman–Crippen MR) is 179 cm³/mol. The van der Waals surface area contributed by atoms with E-state index in [-0.39, 0.29) is 17.8 Å². The van der Waals surface area contributed by atoms with Gasteiger partial charge in [-0.05, 0) is 76.4 Å². The summed E-state index contributed by atoms with van der Waals surface area (Å²) in [4.78, 5) is 31.1. The van der Waals surface area contributed by atoms with Crippen LogP contribution < -0.4 is 5.73 Å². The number of nitrogen functional groups attached to an aromatic ring is 1. The molecule has 45 heavy (non-hydrogen) atoms. The monoisotopic (exact) mass is 593 g/mol. The topological polar surface area (TPSA) is 106 Å². The first-order valence-corrected chi connectivity index (χ1v) is 15.2. The molecule has 2 saturated carbocycles. The molecule has 8 rings (SSSR count). The lowest BCUT2D eigenvalue weighted by Crippen LogP contribution is -2.06. The number of Topliss-reactive ketones (excluding diaryl/α,β-unsaturated/α-hetero) is 1. The molecule has 6 nitrogen and oxygen atoms in total. The third-order valence-electron chi connectivity index (χ3n) is 8.52. The van der Waals surface area contributed by atoms with Gasteiger partial charge in [0.25, 0.3) is 0 Å². The molecule has 2 aliphatic rings. The van der Waals surface area contributed by atoms with Crippen LogP contribution in [0.3, 0.4) is 0 Å². The van der Waals surface area contributed by atoms with Gasteiger partial charge in [-0.1, -0.05) is 84.9 Å². The maximum atomic E-state index is 12.5. The van der Waals surface area contributed by atoms with Gasteiger partial charge in [0, 0.05) is 53.6 Å². The Balaban J connectivity index is 0.000000131. The van der Waals surface area contributed by atoms with Crippen molar-refractivity contribution in [3.05, 3.63) is 151 Å². The smallest absolute Gasteiger partial charge is 0.307 e. The van der Waals surface area contributed by atoms with E-state index in [0.717, 1.165) is 51.2 Å². The molecule has 0 bridgehead atoms. The standard InChI is InChI=1S/C20H17NO.C10H10O2.C9H8N2/c22-20(19-12-18(19)15-4-2-1-3-5-15)11-14-6-7-17-13-21-9-8-16(17)10-14;11-10(12)9-6-8(9)7-4-2-1-3-5-7;10-9-2-1-8-6-11-4-3-7(8)5-9/h1-10,13,18-19H,11-12H2;1-5,8-9H,6H2,(H,11,12);1-6H,10H2/t18-,19+;8-,9+;/m00./s1. The first-order chi connectivity index (χ1) is 22.0. The molecular formula is C39H35N3O3. The van der Waals surface area contributed by atoms with Gasteiger partial charge in [0.2, 0.25) is 0 Å². The van der Waals surface area contributed by atoms with Crippen molar-refractivity contribution in [2.75, 3.05) is 5.73 Å². The van der Waals surface area contributed by atoms with E-state index in [1.165, 1.54) is 5.56 Å². The Morgan fingerprint density at radius 3 is 1.76 bits per heavy atom. The van der Waals surface area contributed by atoms with E-state index < -0.39 is 5.97 Å². The van der Waals surface area contributed by atoms with Crippen LogP contribution >= 0.6 is 0 Å². The molecule has 4 atom stereocenters. The van der Waals surface area contributed by atoms with Crippen LogP contribution in [0.2, 0.25) is 0 Å². The second-order valence-corrected chi connectivity index (χ2v) is 11.7. The molecule has 2 heterocycles. The van der Waals surface area contributed by atoms with Crippen LogP contribution in [0.4, 0.5) is 5.69 Å². The van der Waals surface area contributed by atoms with Crippen LogP contribution in [0, 0.1) is 11.8 Å². The zero-order chi connectivity index (χ0) is 31.2. The van der Waals surface area contributed by atoms with E-state index in [9.17, 15) is 9.59 Å². The fraction of sp³-hybridized carbons (Fsp3) is 0.179. The van der Waals surface area contributed by atoms with Crippen molar-refractivity contribution in [2.24, 2.45) is 11.8 Å². The third-order valence-corrected chi connectivity index (χ3v) is 8.52. The average molecular weight is 594 g/mol. The molecule has 224 valence electrons. The molecule has 0 unspecified atom stereocenters. The van der Waals surface area contributed by atoms with Crippen LogP contribution in [0.1, 0.15) is 41.4 Å². The normalized spacial score (nSPS) is 19.4. The van der Waals surface area contributed by atoms with E-state index in [1.807, 2.05) is 103 Å². The van der Waals surface area contributed by atoms with Gasteiger partial charge >= 0.3 is 5.97 Å². The van der Waals surface area contributed by atoms with E-state index in [4.69, 9.17) is 10.8 Å². The number of hydrogen-bond donors (Lipinski definition) is 2. The maximum Gasteiger partial charge on any atom is 0.307 e. The Labute approximate surface area is 262 Å². The van der Waals surface area contributed by atoms with Crippen molar-refractivity contribution in [2.45, 2.75) is 31.1 Å². The van der Waals surface area contributed by atoms with Gasteiger partial charge in [-0.15, -0.1) is 0 Å². The quantitative estimate of drug-likeness (QED) is 0.191. The number of carbonyl (C=O) groups is 2. The first kappa shape index (κ1) is 29.7. The number of carboxylic acids is 1. The lowest BCUT2D eigenvalue weighted by Gasteiger charge is -2.04. The molecule has 4 aromatic carbocycles. The lowest BCUT2D eigenvalue weighted by atomic mass is 10.0. The van der Waals surface area contributed by atoms with Crippen molar-refractivity contribution in [1.29, 1.82) is 0 Å². The molecule has 6 aromatic rings. The number of aliphatic carboxylic acids is 1. The number of nitrogens with two attached hydrogens (primary N) is 1. The molecule has 2 fully saturated rings. The Bertz CT molecular complexity index is 1930. The van der Waals surface area contributed by atoms with Gasteiger partial charge in [0.1, 0.15) is 5.78 Å². The van der Waals surface area contributed by atoms with Gasteiger partial charge < -0.3 is 10.8 Å². The minimum Gasteiger partial charge on any atom is -0.481 e. The SMILES string of the molecule is Nc1ccc2cnccc2c1.O=C(Cc1ccc2cnccc2c1)[C@@H]1C[C@H]1c1ccccc1.O=C(O)[C@@H]1C[C@H]1c1ccccc1. The summed E-state index contributed by atoms with van der Waals surface area (Å²) in [5, 5.41) is 13.2. The van der Waals surface area contributed by atoms with Crippen LogP contribution in [-0.2, 0) is 16.0 Å². The molecule has 0 amide bonds. The van der Waals surface area contributed by atoms with Crippen molar-refractivity contribution in [3.8, 4) is 0 Å². The highest BCUT2D eigenvalue weighted by molar-refractivity contribution is 5.89. The first-order valence-electron chi connectivity index (χ1n) is 15.2. The minimum absolute atomic E-state index is 0.132. The summed E-state index contributed by atoms with van der Waals surface area (Å²) < 4.78 is 0. The molecule has 0 aliphatic heterocycles. The largest absolute Gasteiger partial charge is 0.481 e. The molecule has 0 radical (unpaired) electrons. The summed E-state index contributed by atoms with van der Waals surface area (Å²) in [6.07, 6.45) is 9.58. The summed E-state index contributed by atoms with van der Waals surface area (Å²) in [6, 6.07) is 36.1. The number of carbonyl (C=O) groups excluding carboxylic acids is 1. The van der Waals surface area contributed by atoms with E-state index in [1.54, 1.807) is 12.4 Å². The number of carboxylic acid groups (broad SMARTS) is 1. The summed E-state index contributed by atoms with van der Waals surface area (Å²) in [6.45, 7) is 0. The fourth-order valence-electron chi connectivity index (χ4n) is 5.83. The predicted octanol–water partition coefficient (Wildman–Crippen LogP) is 7.84. The number of nitrogens with zero attached hydrogens (tertiary/aromatic N) is 2. The van der Waals surface area contributed by atoms with E-state index in [2.05, 4.69) is 28.2 Å². The Kier molecular flexibility index (Phi) is 8.92. The highest BCUT2D eigenvalue weighted by atomic mass is 16.4. The van der Waals surface area contributed by atoms with Gasteiger partial charge in [0.05, 0.1) is 5.92 Å². The van der Waals surface area contributed by atoms with Crippen LogP contribution in [0.5, 0.6) is 0 Å². The zero-order valence-corrected chi connectivity index (χ0v) is 24.9. The van der Waals surface area contributed by atoms with Gasteiger partial charge in [0.15, 0.2) is 0 Å². The lowest BCUT2D eigenvalue weighted by molar-refractivity contribution is -0.138. The number of hydrogen-bond acceptors (Lipinski definition) is 5. The van der Waals surface area contributed by atoms with Crippen LogP contribution in [0.25, 0.3) is 21.5 Å². The Morgan fingerprint density at radius 2 is 1.18 bits per heavy atom. The Hall–Kier alpha value is -5.36. The Morgan fingerprint density at radius 1 is 0.644 bits per heavy atom. The minimum atomic E-state index is -0.663. The van der Waals surface area contributed by atoms with Crippen LogP contribution in [-0.4, -0.2) is 26.8 Å². The zero-order valence-electron chi connectivity index (χ0n) is 24.9. The van der Waals surface area contributed by atoms with Crippen molar-refractivity contribution >= 4 is 39.0 Å². The van der Waals surface area contributed by atoms with E-state index in [0.29, 0.717) is 18.1 Å². The summed E-state index contributed by atoms with van der Waals surface area (Å²) >= 11 is 0. The molecule has 3 N–H and O–H groups in total. The number of aromatic nitrogens is 2. The fourth-order valence-corrected chi connectivity index (χ4v) is 5.83. The number of fused-ring (bicyclic) bond motifs is 2. The van der Waals surface area contributed by atoms with Gasteiger partial charge in [-0.25, -0.2) is 0 Å². The van der Waals surface area contributed by atoms with E-state index >= 15 is 0 Å². The molecular weight excluding hydrogens is 558 g/mol. The number of pyridine rings is 2. The maximum absolute atomic E-state index is 12.5. The number of benzene rings is 4. The average Bonchev–Trinajstić information content (AvgIpc) is 4.01. The summed E-state index contributed by atoms with van der Waals surface area (Å²) in [5.74, 6) is 0.469. The summed E-state index contributed by atoms with van der Waals surface area (Å²) in [7, 11) is 0. The van der Waals surface area contributed by atoms with Crippen molar-refractivity contribution < 1.29 is 14.7 Å². The van der Waals surface area contributed by atoms with Gasteiger partial charge in [-0.2, -0.15) is 0 Å². The molecule has 0 spiro atoms. The third kappa shape index (κ3) is 7.60. The number of rotatable bonds is 6. The van der Waals surface area contributed by atoms with Crippen molar-refractivity contribution in [3.63, 3.8) is 0 Å². The van der Waals surface area contributed by atoms with Crippen molar-refractivity contribution in [1.82, 2.24) is 9.97 Å². The number of ketones is 1. The second-order valence-electron chi connectivity index (χ2n) is 11.7. The molecule has 0 saturated heterocycles. The molecule has 2 aliphatic carbocycles. The number of anilines is 1. The summed E-state index contributed by atoms with van der Waals surface area (Å²) in [5.41, 5.74) is 9.95. The van der Waals surface area contributed by atoms with Gasteiger partial charge in [-0.3, -0.25) is 19.6 Å².